The summed E-state index contributed by atoms with van der Waals surface area (Å²) in [6.07, 6.45) is 2.54. The van der Waals surface area contributed by atoms with E-state index >= 15 is 0 Å². The highest BCUT2D eigenvalue weighted by atomic mass is 19.1. The van der Waals surface area contributed by atoms with Crippen molar-refractivity contribution < 1.29 is 13.7 Å². The average molecular weight is 279 g/mol. The van der Waals surface area contributed by atoms with Gasteiger partial charge in [0.15, 0.2) is 0 Å². The van der Waals surface area contributed by atoms with Gasteiger partial charge < -0.3 is 5.32 Å². The van der Waals surface area contributed by atoms with Gasteiger partial charge in [0.05, 0.1) is 23.2 Å². The summed E-state index contributed by atoms with van der Waals surface area (Å²) in [5, 5.41) is 13.5. The Kier molecular flexibility index (Phi) is 3.88. The first-order chi connectivity index (χ1) is 9.45. The zero-order chi connectivity index (χ0) is 14.7. The summed E-state index contributed by atoms with van der Waals surface area (Å²) in [6.45, 7) is 1.72. The summed E-state index contributed by atoms with van der Waals surface area (Å²) in [7, 11) is 0. The van der Waals surface area contributed by atoms with Crippen LogP contribution < -0.4 is 5.32 Å². The van der Waals surface area contributed by atoms with Crippen LogP contribution in [0.15, 0.2) is 36.7 Å². The van der Waals surface area contributed by atoms with E-state index in [-0.39, 0.29) is 17.4 Å². The minimum absolute atomic E-state index is 0.244. The number of rotatable bonds is 4. The number of halogens is 2. The molecule has 1 heterocycles. The molecular weight excluding hydrogens is 268 g/mol. The molecule has 2 rings (SSSR count). The lowest BCUT2D eigenvalue weighted by atomic mass is 10.1. The Morgan fingerprint density at radius 1 is 1.20 bits per heavy atom. The fraction of sp³-hybridized carbons (Fsp3) is 0.154. The first-order valence-corrected chi connectivity index (χ1v) is 5.77. The van der Waals surface area contributed by atoms with Gasteiger partial charge in [-0.3, -0.25) is 15.1 Å². The van der Waals surface area contributed by atoms with E-state index in [0.29, 0.717) is 5.56 Å². The lowest BCUT2D eigenvalue weighted by molar-refractivity contribution is -0.385. The van der Waals surface area contributed by atoms with Crippen molar-refractivity contribution in [2.45, 2.75) is 13.0 Å². The molecule has 5 nitrogen and oxygen atoms in total. The number of pyridine rings is 1. The summed E-state index contributed by atoms with van der Waals surface area (Å²) in [5.74, 6) is -1.20. The number of hydrogen-bond acceptors (Lipinski definition) is 4. The first-order valence-electron chi connectivity index (χ1n) is 5.77. The predicted octanol–water partition coefficient (Wildman–Crippen LogP) is 3.44. The molecule has 0 saturated carbocycles. The van der Waals surface area contributed by atoms with Crippen LogP contribution in [0.5, 0.6) is 0 Å². The number of benzene rings is 1. The van der Waals surface area contributed by atoms with Gasteiger partial charge >= 0.3 is 0 Å². The van der Waals surface area contributed by atoms with Crippen LogP contribution in [0, 0.1) is 21.7 Å². The molecule has 2 aromatic rings. The van der Waals surface area contributed by atoms with Gasteiger partial charge in [0.1, 0.15) is 11.6 Å². The summed E-state index contributed by atoms with van der Waals surface area (Å²) < 4.78 is 26.3. The molecule has 1 aromatic carbocycles. The Balaban J connectivity index is 2.23. The standard InChI is InChI=1S/C13H11F2N3O2/c1-8(9-2-11(15)7-16-6-9)17-12-3-10(14)4-13(5-12)18(19)20/h2-8,17H,1H3. The molecule has 20 heavy (non-hydrogen) atoms. The molecular formula is C13H11F2N3O2. The number of non-ortho nitro benzene ring substituents is 1. The van der Waals surface area contributed by atoms with Crippen molar-refractivity contribution in [2.75, 3.05) is 5.32 Å². The van der Waals surface area contributed by atoms with E-state index in [1.807, 2.05) is 0 Å². The van der Waals surface area contributed by atoms with Gasteiger partial charge in [0.25, 0.3) is 5.69 Å². The molecule has 7 heteroatoms. The van der Waals surface area contributed by atoms with E-state index < -0.39 is 16.6 Å². The molecule has 0 amide bonds. The van der Waals surface area contributed by atoms with Gasteiger partial charge in [0, 0.05) is 18.0 Å². The van der Waals surface area contributed by atoms with Crippen molar-refractivity contribution in [1.82, 2.24) is 4.98 Å². The van der Waals surface area contributed by atoms with E-state index in [4.69, 9.17) is 0 Å². The average Bonchev–Trinajstić information content (AvgIpc) is 2.37. The Morgan fingerprint density at radius 3 is 2.60 bits per heavy atom. The molecule has 1 atom stereocenters. The van der Waals surface area contributed by atoms with Gasteiger partial charge in [-0.15, -0.1) is 0 Å². The number of nitro benzene ring substituents is 1. The van der Waals surface area contributed by atoms with Gasteiger partial charge in [-0.25, -0.2) is 8.78 Å². The summed E-state index contributed by atoms with van der Waals surface area (Å²) in [4.78, 5) is 13.7. The van der Waals surface area contributed by atoms with Crippen molar-refractivity contribution in [2.24, 2.45) is 0 Å². The van der Waals surface area contributed by atoms with Crippen LogP contribution >= 0.6 is 0 Å². The molecule has 0 spiro atoms. The van der Waals surface area contributed by atoms with E-state index in [1.165, 1.54) is 18.3 Å². The number of nitro groups is 1. The molecule has 0 aliphatic heterocycles. The first kappa shape index (κ1) is 13.9. The van der Waals surface area contributed by atoms with E-state index in [2.05, 4.69) is 10.3 Å². The third kappa shape index (κ3) is 3.25. The second kappa shape index (κ2) is 5.60. The van der Waals surface area contributed by atoms with E-state index in [1.54, 1.807) is 6.92 Å². The van der Waals surface area contributed by atoms with E-state index in [9.17, 15) is 18.9 Å². The highest BCUT2D eigenvalue weighted by molar-refractivity contribution is 5.52. The van der Waals surface area contributed by atoms with Crippen LogP contribution in [-0.4, -0.2) is 9.91 Å². The lowest BCUT2D eigenvalue weighted by Crippen LogP contribution is -2.08. The molecule has 1 aromatic heterocycles. The van der Waals surface area contributed by atoms with Crippen molar-refractivity contribution >= 4 is 11.4 Å². The minimum Gasteiger partial charge on any atom is -0.378 e. The Labute approximate surface area is 113 Å². The maximum absolute atomic E-state index is 13.3. The van der Waals surface area contributed by atoms with Gasteiger partial charge in [-0.2, -0.15) is 0 Å². The Morgan fingerprint density at radius 2 is 1.95 bits per heavy atom. The molecule has 0 saturated heterocycles. The predicted molar refractivity (Wildman–Crippen MR) is 69.3 cm³/mol. The molecule has 1 N–H and O–H groups in total. The minimum atomic E-state index is -0.716. The number of aromatic nitrogens is 1. The molecule has 104 valence electrons. The van der Waals surface area contributed by atoms with Gasteiger partial charge in [-0.05, 0) is 24.6 Å². The van der Waals surface area contributed by atoms with Gasteiger partial charge in [-0.1, -0.05) is 0 Å². The molecule has 0 aliphatic rings. The normalized spacial score (nSPS) is 11.9. The summed E-state index contributed by atoms with van der Waals surface area (Å²) in [5.41, 5.74) is 0.447. The fourth-order valence-electron chi connectivity index (χ4n) is 1.76. The van der Waals surface area contributed by atoms with Crippen LogP contribution in [-0.2, 0) is 0 Å². The monoisotopic (exact) mass is 279 g/mol. The molecule has 0 bridgehead atoms. The van der Waals surface area contributed by atoms with Crippen LogP contribution in [0.4, 0.5) is 20.2 Å². The maximum atomic E-state index is 13.3. The quantitative estimate of drug-likeness (QED) is 0.687. The SMILES string of the molecule is CC(Nc1cc(F)cc([N+](=O)[O-])c1)c1cncc(F)c1. The molecule has 0 aliphatic carbocycles. The van der Waals surface area contributed by atoms with Crippen molar-refractivity contribution in [1.29, 1.82) is 0 Å². The highest BCUT2D eigenvalue weighted by Gasteiger charge is 2.12. The van der Waals surface area contributed by atoms with Crippen LogP contribution in [0.1, 0.15) is 18.5 Å². The number of nitrogens with zero attached hydrogens (tertiary/aromatic N) is 2. The van der Waals surface area contributed by atoms with Crippen LogP contribution in [0.3, 0.4) is 0 Å². The zero-order valence-corrected chi connectivity index (χ0v) is 10.5. The summed E-state index contributed by atoms with van der Waals surface area (Å²) >= 11 is 0. The van der Waals surface area contributed by atoms with Crippen molar-refractivity contribution in [3.8, 4) is 0 Å². The largest absolute Gasteiger partial charge is 0.378 e. The number of nitrogens with one attached hydrogen (secondary N) is 1. The Bertz CT molecular complexity index is 649. The van der Waals surface area contributed by atoms with Crippen LogP contribution in [0.2, 0.25) is 0 Å². The molecule has 1 unspecified atom stereocenters. The summed E-state index contributed by atoms with van der Waals surface area (Å²) in [6, 6.07) is 4.10. The number of hydrogen-bond donors (Lipinski definition) is 1. The maximum Gasteiger partial charge on any atom is 0.274 e. The zero-order valence-electron chi connectivity index (χ0n) is 10.5. The molecule has 0 fully saturated rings. The second-order valence-electron chi connectivity index (χ2n) is 4.26. The highest BCUT2D eigenvalue weighted by Crippen LogP contribution is 2.24. The third-order valence-corrected chi connectivity index (χ3v) is 2.70. The van der Waals surface area contributed by atoms with Crippen LogP contribution in [0.25, 0.3) is 0 Å². The Hall–Kier alpha value is -2.57. The van der Waals surface area contributed by atoms with Gasteiger partial charge in [0.2, 0.25) is 0 Å². The second-order valence-corrected chi connectivity index (χ2v) is 4.26. The lowest BCUT2D eigenvalue weighted by Gasteiger charge is -2.15. The van der Waals surface area contributed by atoms with Crippen molar-refractivity contribution in [3.05, 3.63) is 64.0 Å². The van der Waals surface area contributed by atoms with Crippen molar-refractivity contribution in [3.63, 3.8) is 0 Å². The number of anilines is 1. The topological polar surface area (TPSA) is 68.1 Å². The smallest absolute Gasteiger partial charge is 0.274 e. The third-order valence-electron chi connectivity index (χ3n) is 2.70. The molecule has 0 radical (unpaired) electrons. The van der Waals surface area contributed by atoms with E-state index in [0.717, 1.165) is 18.3 Å². The fourth-order valence-corrected chi connectivity index (χ4v) is 1.76.